The van der Waals surface area contributed by atoms with E-state index >= 15 is 0 Å². The third-order valence-corrected chi connectivity index (χ3v) is 3.16. The predicted octanol–water partition coefficient (Wildman–Crippen LogP) is 3.57. The van der Waals surface area contributed by atoms with Gasteiger partial charge >= 0.3 is 0 Å². The van der Waals surface area contributed by atoms with Gasteiger partial charge in [0, 0.05) is 11.3 Å². The molecule has 0 saturated carbocycles. The Labute approximate surface area is 91.7 Å². The van der Waals surface area contributed by atoms with Gasteiger partial charge in [-0.2, -0.15) is 0 Å². The van der Waals surface area contributed by atoms with E-state index in [0.29, 0.717) is 5.92 Å². The van der Waals surface area contributed by atoms with Gasteiger partial charge < -0.3 is 0 Å². The van der Waals surface area contributed by atoms with Crippen molar-refractivity contribution in [2.45, 2.75) is 51.9 Å². The number of nitrogens with zero attached hydrogens (tertiary/aromatic N) is 1. The van der Waals surface area contributed by atoms with E-state index in [1.165, 1.54) is 32.1 Å². The maximum Gasteiger partial charge on any atom is 0.203 e. The van der Waals surface area contributed by atoms with E-state index in [1.54, 1.807) is 5.57 Å². The Morgan fingerprint density at radius 3 is 2.60 bits per heavy atom. The summed E-state index contributed by atoms with van der Waals surface area (Å²) in [5.41, 5.74) is 1.56. The van der Waals surface area contributed by atoms with Crippen molar-refractivity contribution in [1.82, 2.24) is 0 Å². The molecule has 1 rings (SSSR count). The molecule has 0 spiro atoms. The molecule has 1 aliphatic rings. The predicted molar refractivity (Wildman–Crippen MR) is 61.4 cm³/mol. The van der Waals surface area contributed by atoms with Crippen LogP contribution in [0.5, 0.6) is 0 Å². The first-order valence-corrected chi connectivity index (χ1v) is 6.04. The first-order chi connectivity index (χ1) is 7.24. The standard InChI is InChI=1S/C12H21NO2/c1-2-3-6-11(12-7-4-8-12)9-5-10-13(14)15/h7,11H,2-6,8-10H2,1H3. The molecule has 0 N–H and O–H groups in total. The lowest BCUT2D eigenvalue weighted by Crippen LogP contribution is -2.12. The maximum absolute atomic E-state index is 10.2. The summed E-state index contributed by atoms with van der Waals surface area (Å²) in [5, 5.41) is 10.2. The van der Waals surface area contributed by atoms with Gasteiger partial charge in [0.1, 0.15) is 0 Å². The van der Waals surface area contributed by atoms with Gasteiger partial charge in [-0.15, -0.1) is 0 Å². The molecule has 86 valence electrons. The molecule has 0 bridgehead atoms. The van der Waals surface area contributed by atoms with E-state index < -0.39 is 0 Å². The summed E-state index contributed by atoms with van der Waals surface area (Å²) >= 11 is 0. The van der Waals surface area contributed by atoms with Crippen LogP contribution in [0.1, 0.15) is 51.9 Å². The monoisotopic (exact) mass is 211 g/mol. The molecule has 0 radical (unpaired) electrons. The third-order valence-electron chi connectivity index (χ3n) is 3.16. The van der Waals surface area contributed by atoms with Crippen LogP contribution in [0.2, 0.25) is 0 Å². The van der Waals surface area contributed by atoms with E-state index in [4.69, 9.17) is 0 Å². The molecule has 0 fully saturated rings. The molecule has 1 unspecified atom stereocenters. The lowest BCUT2D eigenvalue weighted by atomic mass is 9.81. The van der Waals surface area contributed by atoms with Gasteiger partial charge in [0.05, 0.1) is 0 Å². The van der Waals surface area contributed by atoms with E-state index in [1.807, 2.05) is 0 Å². The van der Waals surface area contributed by atoms with Crippen molar-refractivity contribution < 1.29 is 4.92 Å². The molecule has 0 amide bonds. The minimum absolute atomic E-state index is 0.135. The van der Waals surface area contributed by atoms with Crippen molar-refractivity contribution in [2.24, 2.45) is 5.92 Å². The molecular formula is C12H21NO2. The summed E-state index contributed by atoms with van der Waals surface area (Å²) in [6.45, 7) is 2.33. The Kier molecular flexibility index (Phi) is 5.37. The Morgan fingerprint density at radius 1 is 1.47 bits per heavy atom. The van der Waals surface area contributed by atoms with Gasteiger partial charge in [0.25, 0.3) is 0 Å². The van der Waals surface area contributed by atoms with Crippen molar-refractivity contribution in [3.05, 3.63) is 21.8 Å². The van der Waals surface area contributed by atoms with Gasteiger partial charge in [-0.05, 0) is 31.6 Å². The lowest BCUT2D eigenvalue weighted by molar-refractivity contribution is -0.480. The number of unbranched alkanes of at least 4 members (excludes halogenated alkanes) is 1. The summed E-state index contributed by atoms with van der Waals surface area (Å²) in [4.78, 5) is 10.0. The number of allylic oxidation sites excluding steroid dienone is 2. The summed E-state index contributed by atoms with van der Waals surface area (Å²) in [7, 11) is 0. The Bertz CT molecular complexity index is 236. The maximum atomic E-state index is 10.2. The van der Waals surface area contributed by atoms with Crippen molar-refractivity contribution in [3.8, 4) is 0 Å². The molecule has 1 atom stereocenters. The normalized spacial score (nSPS) is 16.7. The zero-order chi connectivity index (χ0) is 11.1. The van der Waals surface area contributed by atoms with E-state index in [9.17, 15) is 10.1 Å². The van der Waals surface area contributed by atoms with E-state index in [0.717, 1.165) is 12.8 Å². The van der Waals surface area contributed by atoms with Gasteiger partial charge in [0.15, 0.2) is 0 Å². The van der Waals surface area contributed by atoms with Gasteiger partial charge in [0.2, 0.25) is 6.54 Å². The van der Waals surface area contributed by atoms with Crippen molar-refractivity contribution in [3.63, 3.8) is 0 Å². The molecule has 0 aromatic heterocycles. The molecular weight excluding hydrogens is 190 g/mol. The molecule has 0 aromatic rings. The molecule has 3 nitrogen and oxygen atoms in total. The number of nitro groups is 1. The molecule has 0 aromatic carbocycles. The van der Waals surface area contributed by atoms with Crippen LogP contribution in [0, 0.1) is 16.0 Å². The molecule has 0 heterocycles. The highest BCUT2D eigenvalue weighted by molar-refractivity contribution is 5.15. The number of hydrogen-bond acceptors (Lipinski definition) is 2. The van der Waals surface area contributed by atoms with Crippen LogP contribution in [-0.4, -0.2) is 11.5 Å². The average Bonchev–Trinajstić information content (AvgIpc) is 2.10. The van der Waals surface area contributed by atoms with Gasteiger partial charge in [-0.3, -0.25) is 10.1 Å². The van der Waals surface area contributed by atoms with Gasteiger partial charge in [-0.1, -0.05) is 31.4 Å². The third kappa shape index (κ3) is 4.45. The molecule has 3 heteroatoms. The van der Waals surface area contributed by atoms with E-state index in [-0.39, 0.29) is 11.5 Å². The SMILES string of the molecule is CCCCC(CCC[N+](=O)[O-])C1=CCC1. The highest BCUT2D eigenvalue weighted by Crippen LogP contribution is 2.32. The van der Waals surface area contributed by atoms with Crippen LogP contribution >= 0.6 is 0 Å². The Balaban J connectivity index is 2.25. The minimum Gasteiger partial charge on any atom is -0.265 e. The topological polar surface area (TPSA) is 43.1 Å². The van der Waals surface area contributed by atoms with Crippen LogP contribution < -0.4 is 0 Å². The fourth-order valence-corrected chi connectivity index (χ4v) is 2.11. The number of hydrogen-bond donors (Lipinski definition) is 0. The van der Waals surface area contributed by atoms with Crippen LogP contribution in [0.15, 0.2) is 11.6 Å². The van der Waals surface area contributed by atoms with Crippen LogP contribution in [0.3, 0.4) is 0 Å². The van der Waals surface area contributed by atoms with Crippen LogP contribution in [0.4, 0.5) is 0 Å². The number of rotatable bonds is 8. The van der Waals surface area contributed by atoms with Crippen LogP contribution in [0.25, 0.3) is 0 Å². The summed E-state index contributed by atoms with van der Waals surface area (Å²) in [6.07, 6.45) is 10.2. The molecule has 0 saturated heterocycles. The largest absolute Gasteiger partial charge is 0.265 e. The quantitative estimate of drug-likeness (QED) is 0.350. The highest BCUT2D eigenvalue weighted by Gasteiger charge is 2.18. The second-order valence-electron chi connectivity index (χ2n) is 4.36. The highest BCUT2D eigenvalue weighted by atomic mass is 16.6. The van der Waals surface area contributed by atoms with E-state index in [2.05, 4.69) is 13.0 Å². The first kappa shape index (κ1) is 12.2. The summed E-state index contributed by atoms with van der Waals surface area (Å²) in [5.74, 6) is 0.638. The Morgan fingerprint density at radius 2 is 2.13 bits per heavy atom. The van der Waals surface area contributed by atoms with Crippen molar-refractivity contribution in [1.29, 1.82) is 0 Å². The molecule has 15 heavy (non-hydrogen) atoms. The zero-order valence-corrected chi connectivity index (χ0v) is 9.58. The molecule has 1 aliphatic carbocycles. The smallest absolute Gasteiger partial charge is 0.203 e. The van der Waals surface area contributed by atoms with Crippen molar-refractivity contribution >= 4 is 0 Å². The minimum atomic E-state index is -0.202. The average molecular weight is 211 g/mol. The fraction of sp³-hybridized carbons (Fsp3) is 0.833. The first-order valence-electron chi connectivity index (χ1n) is 6.04. The second-order valence-corrected chi connectivity index (χ2v) is 4.36. The van der Waals surface area contributed by atoms with Crippen molar-refractivity contribution in [2.75, 3.05) is 6.54 Å². The fourth-order valence-electron chi connectivity index (χ4n) is 2.11. The van der Waals surface area contributed by atoms with Crippen LogP contribution in [-0.2, 0) is 0 Å². The lowest BCUT2D eigenvalue weighted by Gasteiger charge is -2.24. The summed E-state index contributed by atoms with van der Waals surface area (Å²) < 4.78 is 0. The molecule has 0 aliphatic heterocycles. The second kappa shape index (κ2) is 6.59. The zero-order valence-electron chi connectivity index (χ0n) is 9.58. The van der Waals surface area contributed by atoms with Gasteiger partial charge in [-0.25, -0.2) is 0 Å². The Hall–Kier alpha value is -0.860. The summed E-state index contributed by atoms with van der Waals surface area (Å²) in [6, 6.07) is 0.